The predicted octanol–water partition coefficient (Wildman–Crippen LogP) is 2.17. The van der Waals surface area contributed by atoms with Gasteiger partial charge >= 0.3 is 0 Å². The van der Waals surface area contributed by atoms with Crippen molar-refractivity contribution in [2.24, 2.45) is 0 Å². The van der Waals surface area contributed by atoms with Gasteiger partial charge in [0.2, 0.25) is 0 Å². The number of nitro benzene ring substituents is 1. The summed E-state index contributed by atoms with van der Waals surface area (Å²) in [5.74, 6) is -0.704. The van der Waals surface area contributed by atoms with Crippen molar-refractivity contribution in [2.75, 3.05) is 4.72 Å². The van der Waals surface area contributed by atoms with Gasteiger partial charge in [-0.05, 0) is 12.1 Å². The third kappa shape index (κ3) is 3.67. The molecule has 0 aliphatic heterocycles. The second-order valence-electron chi connectivity index (χ2n) is 5.19. The Hall–Kier alpha value is -3.34. The van der Waals surface area contributed by atoms with Gasteiger partial charge in [0.15, 0.2) is 4.90 Å². The summed E-state index contributed by atoms with van der Waals surface area (Å²) in [6.45, 7) is 0.0485. The highest BCUT2D eigenvalue weighted by molar-refractivity contribution is 7.92. The van der Waals surface area contributed by atoms with Crippen LogP contribution in [-0.2, 0) is 16.6 Å². The lowest BCUT2D eigenvalue weighted by atomic mass is 10.2. The lowest BCUT2D eigenvalue weighted by Crippen LogP contribution is -2.16. The number of hydrogen-bond donors (Lipinski definition) is 1. The second kappa shape index (κ2) is 6.88. The van der Waals surface area contributed by atoms with Crippen LogP contribution in [0.25, 0.3) is 0 Å². The lowest BCUT2D eigenvalue weighted by Gasteiger charge is -2.05. The third-order valence-electron chi connectivity index (χ3n) is 3.40. The van der Waals surface area contributed by atoms with Crippen LogP contribution in [0.2, 0.25) is 0 Å². The monoisotopic (exact) mass is 377 g/mol. The van der Waals surface area contributed by atoms with Crippen molar-refractivity contribution in [3.63, 3.8) is 0 Å². The molecule has 3 aromatic rings. The smallest absolute Gasteiger partial charge is 0.258 e. The average Bonchev–Trinajstić information content (AvgIpc) is 3.03. The number of sulfonamides is 1. The maximum Gasteiger partial charge on any atom is 0.289 e. The molecule has 26 heavy (non-hydrogen) atoms. The fraction of sp³-hybridized carbons (Fsp3) is 0.0667. The van der Waals surface area contributed by atoms with Crippen LogP contribution < -0.4 is 4.72 Å². The van der Waals surface area contributed by atoms with Gasteiger partial charge in [0.25, 0.3) is 21.7 Å². The molecular weight excluding hydrogens is 365 g/mol. The van der Waals surface area contributed by atoms with Crippen LogP contribution in [0, 0.1) is 15.9 Å². The van der Waals surface area contributed by atoms with Crippen molar-refractivity contribution in [1.82, 2.24) is 14.8 Å². The van der Waals surface area contributed by atoms with E-state index >= 15 is 0 Å². The number of nitrogens with zero attached hydrogens (tertiary/aromatic N) is 4. The van der Waals surface area contributed by atoms with Crippen molar-refractivity contribution in [3.05, 3.63) is 76.4 Å². The molecule has 0 atom stereocenters. The number of hydrogen-bond acceptors (Lipinski definition) is 6. The molecule has 0 unspecified atom stereocenters. The Morgan fingerprint density at radius 1 is 1.15 bits per heavy atom. The number of nitro groups is 1. The number of aromatic nitrogens is 3. The molecule has 1 heterocycles. The zero-order valence-corrected chi connectivity index (χ0v) is 13.9. The fourth-order valence-corrected chi connectivity index (χ4v) is 3.35. The van der Waals surface area contributed by atoms with E-state index in [1.165, 1.54) is 29.2 Å². The molecule has 134 valence electrons. The number of halogens is 1. The van der Waals surface area contributed by atoms with E-state index in [0.717, 1.165) is 12.1 Å². The SMILES string of the molecule is O=[N+]([O-])c1ccccc1S(=O)(=O)Nc1ncn(Cc2ccccc2F)n1. The largest absolute Gasteiger partial charge is 0.289 e. The quantitative estimate of drug-likeness (QED) is 0.519. The molecule has 0 radical (unpaired) electrons. The molecule has 0 amide bonds. The van der Waals surface area contributed by atoms with Crippen molar-refractivity contribution in [2.45, 2.75) is 11.4 Å². The van der Waals surface area contributed by atoms with Crippen LogP contribution in [0.15, 0.2) is 59.8 Å². The molecule has 0 saturated heterocycles. The van der Waals surface area contributed by atoms with E-state index in [9.17, 15) is 22.9 Å². The van der Waals surface area contributed by atoms with Gasteiger partial charge in [-0.2, -0.15) is 4.98 Å². The van der Waals surface area contributed by atoms with Gasteiger partial charge < -0.3 is 0 Å². The van der Waals surface area contributed by atoms with Gasteiger partial charge in [-0.1, -0.05) is 30.3 Å². The van der Waals surface area contributed by atoms with Crippen molar-refractivity contribution < 1.29 is 17.7 Å². The highest BCUT2D eigenvalue weighted by Crippen LogP contribution is 2.24. The van der Waals surface area contributed by atoms with Gasteiger partial charge in [0.05, 0.1) is 11.5 Å². The first-order valence-corrected chi connectivity index (χ1v) is 8.74. The molecule has 0 fully saturated rings. The predicted molar refractivity (Wildman–Crippen MR) is 89.4 cm³/mol. The number of rotatable bonds is 6. The van der Waals surface area contributed by atoms with E-state index in [1.54, 1.807) is 18.2 Å². The van der Waals surface area contributed by atoms with Crippen LogP contribution in [0.5, 0.6) is 0 Å². The summed E-state index contributed by atoms with van der Waals surface area (Å²) in [5.41, 5.74) is -0.212. The van der Waals surface area contributed by atoms with Crippen molar-refractivity contribution in [3.8, 4) is 0 Å². The minimum atomic E-state index is -4.26. The van der Waals surface area contributed by atoms with Crippen LogP contribution >= 0.6 is 0 Å². The minimum absolute atomic E-state index is 0.0485. The number of anilines is 1. The molecule has 0 aliphatic carbocycles. The standard InChI is InChI=1S/C15H12FN5O4S/c16-12-6-2-1-5-11(12)9-20-10-17-15(18-20)19-26(24,25)14-8-4-3-7-13(14)21(22)23/h1-8,10H,9H2,(H,18,19). The Balaban J connectivity index is 1.83. The molecule has 9 nitrogen and oxygen atoms in total. The minimum Gasteiger partial charge on any atom is -0.258 e. The van der Waals surface area contributed by atoms with Crippen molar-refractivity contribution in [1.29, 1.82) is 0 Å². The fourth-order valence-electron chi connectivity index (χ4n) is 2.23. The number of para-hydroxylation sites is 1. The first kappa shape index (κ1) is 17.5. The first-order chi connectivity index (χ1) is 12.4. The Labute approximate surface area is 147 Å². The molecule has 0 bridgehead atoms. The van der Waals surface area contributed by atoms with E-state index < -0.39 is 31.3 Å². The van der Waals surface area contributed by atoms with Crippen LogP contribution in [0.1, 0.15) is 5.56 Å². The van der Waals surface area contributed by atoms with Gasteiger partial charge in [-0.3, -0.25) is 10.1 Å². The Morgan fingerprint density at radius 2 is 1.85 bits per heavy atom. The molecular formula is C15H12FN5O4S. The summed E-state index contributed by atoms with van der Waals surface area (Å²) in [6.07, 6.45) is 1.23. The van der Waals surface area contributed by atoms with E-state index in [4.69, 9.17) is 0 Å². The van der Waals surface area contributed by atoms with Crippen LogP contribution in [0.3, 0.4) is 0 Å². The second-order valence-corrected chi connectivity index (χ2v) is 6.84. The summed E-state index contributed by atoms with van der Waals surface area (Å²) in [7, 11) is -4.26. The zero-order chi connectivity index (χ0) is 18.7. The molecule has 1 N–H and O–H groups in total. The molecule has 2 aromatic carbocycles. The molecule has 3 rings (SSSR count). The lowest BCUT2D eigenvalue weighted by molar-refractivity contribution is -0.387. The molecule has 0 spiro atoms. The van der Waals surface area contributed by atoms with E-state index in [-0.39, 0.29) is 12.5 Å². The Kier molecular flexibility index (Phi) is 4.63. The molecule has 11 heteroatoms. The van der Waals surface area contributed by atoms with Crippen molar-refractivity contribution >= 4 is 21.7 Å². The van der Waals surface area contributed by atoms with Gasteiger partial charge in [-0.15, -0.1) is 5.10 Å². The summed E-state index contributed by atoms with van der Waals surface area (Å²) in [6, 6.07) is 11.0. The van der Waals surface area contributed by atoms with Crippen LogP contribution in [-0.4, -0.2) is 28.1 Å². The summed E-state index contributed by atoms with van der Waals surface area (Å²) >= 11 is 0. The van der Waals surface area contributed by atoms with E-state index in [0.29, 0.717) is 5.56 Å². The summed E-state index contributed by atoms with van der Waals surface area (Å²) in [4.78, 5) is 13.5. The molecule has 1 aromatic heterocycles. The molecule has 0 aliphatic rings. The van der Waals surface area contributed by atoms with E-state index in [1.807, 2.05) is 0 Å². The van der Waals surface area contributed by atoms with Gasteiger partial charge in [-0.25, -0.2) is 22.2 Å². The van der Waals surface area contributed by atoms with E-state index in [2.05, 4.69) is 14.8 Å². The van der Waals surface area contributed by atoms with Gasteiger partial charge in [0, 0.05) is 11.6 Å². The van der Waals surface area contributed by atoms with Crippen LogP contribution in [0.4, 0.5) is 16.0 Å². The zero-order valence-electron chi connectivity index (χ0n) is 13.1. The summed E-state index contributed by atoms with van der Waals surface area (Å²) < 4.78 is 41.8. The first-order valence-electron chi connectivity index (χ1n) is 7.26. The Bertz CT molecular complexity index is 1070. The highest BCUT2D eigenvalue weighted by Gasteiger charge is 2.26. The normalized spacial score (nSPS) is 11.3. The molecule has 0 saturated carbocycles. The summed E-state index contributed by atoms with van der Waals surface area (Å²) in [5, 5.41) is 14.9. The highest BCUT2D eigenvalue weighted by atomic mass is 32.2. The maximum atomic E-state index is 13.7. The number of benzene rings is 2. The number of nitrogens with one attached hydrogen (secondary N) is 1. The maximum absolute atomic E-state index is 13.7. The Morgan fingerprint density at radius 3 is 2.58 bits per heavy atom. The topological polar surface area (TPSA) is 120 Å². The van der Waals surface area contributed by atoms with Gasteiger partial charge in [0.1, 0.15) is 12.1 Å². The third-order valence-corrected chi connectivity index (χ3v) is 4.78. The average molecular weight is 377 g/mol.